The number of unbranched alkanes of at least 4 members (excludes halogenated alkanes) is 1. The van der Waals surface area contributed by atoms with Crippen molar-refractivity contribution in [1.29, 1.82) is 0 Å². The zero-order valence-corrected chi connectivity index (χ0v) is 11.8. The van der Waals surface area contributed by atoms with E-state index in [4.69, 9.17) is 20.4 Å². The Morgan fingerprint density at radius 3 is 1.95 bits per heavy atom. The van der Waals surface area contributed by atoms with E-state index < -0.39 is 5.75 Å². The molecule has 5 heteroatoms. The first-order chi connectivity index (χ1) is 9.95. The molecule has 2 aromatic rings. The van der Waals surface area contributed by atoms with Crippen LogP contribution in [0.5, 0.6) is 28.7 Å². The van der Waals surface area contributed by atoms with Gasteiger partial charge in [0.1, 0.15) is 11.5 Å². The van der Waals surface area contributed by atoms with Gasteiger partial charge in [-0.3, -0.25) is 0 Å². The lowest BCUT2D eigenvalue weighted by molar-refractivity contribution is 0.368. The van der Waals surface area contributed by atoms with Crippen LogP contribution in [0, 0.1) is 0 Å². The zero-order valence-electron chi connectivity index (χ0n) is 11.8. The molecule has 0 unspecified atom stereocenters. The van der Waals surface area contributed by atoms with Crippen molar-refractivity contribution >= 4 is 0 Å². The van der Waals surface area contributed by atoms with Gasteiger partial charge in [0.05, 0.1) is 0 Å². The van der Waals surface area contributed by atoms with E-state index in [1.807, 2.05) is 0 Å². The van der Waals surface area contributed by atoms with Gasteiger partial charge < -0.3 is 25.5 Å². The lowest BCUT2D eigenvalue weighted by atomic mass is 10.1. The standard InChI is InChI=1S/C10H14O2.C6H6O3/c1-2-3-4-8-7-9(11)5-6-10(8)12;7-4-2-1-3-5(8)6(4)9/h5-7,11-12H,2-4H2,1H3;1-3,7-9H. The Bertz CT molecular complexity index is 561. The molecule has 0 spiro atoms. The topological polar surface area (TPSA) is 101 Å². The summed E-state index contributed by atoms with van der Waals surface area (Å²) in [5.74, 6) is -0.595. The Labute approximate surface area is 123 Å². The summed E-state index contributed by atoms with van der Waals surface area (Å²) in [5, 5.41) is 44.6. The van der Waals surface area contributed by atoms with Gasteiger partial charge in [-0.1, -0.05) is 19.4 Å². The number of aromatic hydroxyl groups is 5. The molecule has 5 N–H and O–H groups in total. The summed E-state index contributed by atoms with van der Waals surface area (Å²) in [7, 11) is 0. The maximum absolute atomic E-state index is 9.35. The molecule has 0 radical (unpaired) electrons. The summed E-state index contributed by atoms with van der Waals surface area (Å²) >= 11 is 0. The minimum atomic E-state index is -0.475. The predicted octanol–water partition coefficient (Wildman–Crippen LogP) is 3.24. The van der Waals surface area contributed by atoms with Crippen LogP contribution in [-0.2, 0) is 6.42 Å². The number of para-hydroxylation sites is 1. The van der Waals surface area contributed by atoms with Crippen LogP contribution in [0.25, 0.3) is 0 Å². The van der Waals surface area contributed by atoms with E-state index in [1.165, 1.54) is 30.3 Å². The minimum Gasteiger partial charge on any atom is -0.508 e. The minimum absolute atomic E-state index is 0.221. The van der Waals surface area contributed by atoms with Gasteiger partial charge in [-0.25, -0.2) is 0 Å². The van der Waals surface area contributed by atoms with Crippen LogP contribution in [0.15, 0.2) is 36.4 Å². The molecule has 21 heavy (non-hydrogen) atoms. The Morgan fingerprint density at radius 2 is 1.43 bits per heavy atom. The molecule has 0 saturated heterocycles. The Balaban J connectivity index is 0.000000219. The summed E-state index contributed by atoms with van der Waals surface area (Å²) in [5.41, 5.74) is 0.830. The van der Waals surface area contributed by atoms with E-state index >= 15 is 0 Å². The molecule has 2 aromatic carbocycles. The summed E-state index contributed by atoms with van der Waals surface area (Å²) in [4.78, 5) is 0. The van der Waals surface area contributed by atoms with Crippen molar-refractivity contribution < 1.29 is 25.5 Å². The third-order valence-electron chi connectivity index (χ3n) is 2.86. The van der Waals surface area contributed by atoms with Crippen molar-refractivity contribution in [2.45, 2.75) is 26.2 Å². The normalized spacial score (nSPS) is 9.76. The lowest BCUT2D eigenvalue weighted by Crippen LogP contribution is -1.84. The fourth-order valence-corrected chi connectivity index (χ4v) is 1.66. The first kappa shape index (κ1) is 16.5. The second-order valence-corrected chi connectivity index (χ2v) is 4.56. The molecule has 0 aliphatic rings. The van der Waals surface area contributed by atoms with Gasteiger partial charge in [0.15, 0.2) is 17.2 Å². The fraction of sp³-hybridized carbons (Fsp3) is 0.250. The molecule has 0 bridgehead atoms. The van der Waals surface area contributed by atoms with Crippen molar-refractivity contribution in [3.8, 4) is 28.7 Å². The molecule has 2 rings (SSSR count). The van der Waals surface area contributed by atoms with E-state index in [-0.39, 0.29) is 23.0 Å². The largest absolute Gasteiger partial charge is 0.508 e. The predicted molar refractivity (Wildman–Crippen MR) is 79.8 cm³/mol. The number of aryl methyl sites for hydroxylation is 1. The van der Waals surface area contributed by atoms with Crippen LogP contribution >= 0.6 is 0 Å². The van der Waals surface area contributed by atoms with Crippen LogP contribution in [0.4, 0.5) is 0 Å². The molecule has 0 aliphatic heterocycles. The number of hydrogen-bond acceptors (Lipinski definition) is 5. The number of rotatable bonds is 3. The zero-order chi connectivity index (χ0) is 15.8. The molecular weight excluding hydrogens is 272 g/mol. The van der Waals surface area contributed by atoms with E-state index in [0.29, 0.717) is 0 Å². The maximum atomic E-state index is 9.35. The van der Waals surface area contributed by atoms with Crippen molar-refractivity contribution in [2.24, 2.45) is 0 Å². The number of benzene rings is 2. The van der Waals surface area contributed by atoms with Gasteiger partial charge >= 0.3 is 0 Å². The molecule has 5 nitrogen and oxygen atoms in total. The highest BCUT2D eigenvalue weighted by Crippen LogP contribution is 2.32. The van der Waals surface area contributed by atoms with Crippen molar-refractivity contribution in [2.75, 3.05) is 0 Å². The molecule has 0 aliphatic carbocycles. The van der Waals surface area contributed by atoms with Crippen LogP contribution in [0.1, 0.15) is 25.3 Å². The second-order valence-electron chi connectivity index (χ2n) is 4.56. The van der Waals surface area contributed by atoms with Crippen LogP contribution < -0.4 is 0 Å². The Kier molecular flexibility index (Phi) is 6.20. The third kappa shape index (κ3) is 5.14. The van der Waals surface area contributed by atoms with Gasteiger partial charge in [0, 0.05) is 0 Å². The van der Waals surface area contributed by atoms with Gasteiger partial charge in [-0.05, 0) is 48.7 Å². The third-order valence-corrected chi connectivity index (χ3v) is 2.86. The summed E-state index contributed by atoms with van der Waals surface area (Å²) in [6.07, 6.45) is 2.96. The highest BCUT2D eigenvalue weighted by atomic mass is 16.3. The van der Waals surface area contributed by atoms with E-state index in [0.717, 1.165) is 24.8 Å². The van der Waals surface area contributed by atoms with E-state index in [9.17, 15) is 5.11 Å². The molecule has 0 aromatic heterocycles. The first-order valence-electron chi connectivity index (χ1n) is 6.66. The second kappa shape index (κ2) is 7.89. The fourth-order valence-electron chi connectivity index (χ4n) is 1.66. The molecule has 0 fully saturated rings. The summed E-state index contributed by atoms with van der Waals surface area (Å²) < 4.78 is 0. The highest BCUT2D eigenvalue weighted by Gasteiger charge is 2.01. The summed E-state index contributed by atoms with van der Waals surface area (Å²) in [6, 6.07) is 8.64. The lowest BCUT2D eigenvalue weighted by Gasteiger charge is -2.03. The average Bonchev–Trinajstić information content (AvgIpc) is 2.46. The van der Waals surface area contributed by atoms with Crippen LogP contribution in [0.3, 0.4) is 0 Å². The maximum Gasteiger partial charge on any atom is 0.200 e. The number of phenolic OH excluding ortho intramolecular Hbond substituents is 5. The SMILES string of the molecule is CCCCc1cc(O)ccc1O.Oc1cccc(O)c1O. The molecular formula is C16H20O5. The molecule has 0 amide bonds. The number of phenols is 5. The monoisotopic (exact) mass is 292 g/mol. The Morgan fingerprint density at radius 1 is 0.810 bits per heavy atom. The van der Waals surface area contributed by atoms with E-state index in [2.05, 4.69) is 6.92 Å². The van der Waals surface area contributed by atoms with Crippen molar-refractivity contribution in [1.82, 2.24) is 0 Å². The smallest absolute Gasteiger partial charge is 0.200 e. The van der Waals surface area contributed by atoms with Crippen molar-refractivity contribution in [3.63, 3.8) is 0 Å². The molecule has 0 saturated carbocycles. The van der Waals surface area contributed by atoms with Gasteiger partial charge in [0.2, 0.25) is 0 Å². The quantitative estimate of drug-likeness (QED) is 0.441. The Hall–Kier alpha value is -2.56. The van der Waals surface area contributed by atoms with Gasteiger partial charge in [0.25, 0.3) is 0 Å². The molecule has 114 valence electrons. The molecule has 0 atom stereocenters. The van der Waals surface area contributed by atoms with Crippen LogP contribution in [-0.4, -0.2) is 25.5 Å². The van der Waals surface area contributed by atoms with Gasteiger partial charge in [-0.2, -0.15) is 0 Å². The van der Waals surface area contributed by atoms with Gasteiger partial charge in [-0.15, -0.1) is 0 Å². The summed E-state index contributed by atoms with van der Waals surface area (Å²) in [6.45, 7) is 2.10. The number of hydrogen-bond donors (Lipinski definition) is 5. The first-order valence-corrected chi connectivity index (χ1v) is 6.66. The highest BCUT2D eigenvalue weighted by molar-refractivity contribution is 5.47. The average molecular weight is 292 g/mol. The molecule has 0 heterocycles. The van der Waals surface area contributed by atoms with Crippen LogP contribution in [0.2, 0.25) is 0 Å². The van der Waals surface area contributed by atoms with E-state index in [1.54, 1.807) is 6.07 Å². The van der Waals surface area contributed by atoms with Crippen molar-refractivity contribution in [3.05, 3.63) is 42.0 Å².